The molecule has 0 radical (unpaired) electrons. The fourth-order valence-corrected chi connectivity index (χ4v) is 1.62. The third kappa shape index (κ3) is 5.08. The third-order valence-electron chi connectivity index (χ3n) is 2.59. The van der Waals surface area contributed by atoms with Crippen molar-refractivity contribution in [3.63, 3.8) is 0 Å². The zero-order valence-corrected chi connectivity index (χ0v) is 11.4. The van der Waals surface area contributed by atoms with Crippen molar-refractivity contribution in [3.05, 3.63) is 24.3 Å². The largest absolute Gasteiger partial charge is 0.495 e. The minimum atomic E-state index is 0.434. The number of nitrogens with two attached hydrogens (primary N) is 1. The zero-order valence-electron chi connectivity index (χ0n) is 11.4. The number of aliphatic imine (C=N–C) groups is 1. The Balaban J connectivity index is 2.48. The Bertz CT molecular complexity index is 388. The predicted molar refractivity (Wildman–Crippen MR) is 77.2 cm³/mol. The van der Waals surface area contributed by atoms with Gasteiger partial charge in [-0.25, -0.2) is 0 Å². The summed E-state index contributed by atoms with van der Waals surface area (Å²) in [4.78, 5) is 4.29. The molecule has 0 bridgehead atoms. The minimum absolute atomic E-state index is 0.434. The summed E-state index contributed by atoms with van der Waals surface area (Å²) in [5.41, 5.74) is 6.67. The average Bonchev–Trinajstić information content (AvgIpc) is 2.35. The van der Waals surface area contributed by atoms with Gasteiger partial charge in [0.25, 0.3) is 0 Å². The van der Waals surface area contributed by atoms with Crippen LogP contribution in [0, 0.1) is 5.92 Å². The van der Waals surface area contributed by atoms with Crippen molar-refractivity contribution in [2.45, 2.75) is 26.7 Å². The molecule has 0 saturated carbocycles. The van der Waals surface area contributed by atoms with Crippen LogP contribution in [-0.2, 0) is 0 Å². The minimum Gasteiger partial charge on any atom is -0.495 e. The van der Waals surface area contributed by atoms with Crippen LogP contribution < -0.4 is 15.8 Å². The number of hydrogen-bond acceptors (Lipinski definition) is 2. The summed E-state index contributed by atoms with van der Waals surface area (Å²) in [5.74, 6) is 1.91. The van der Waals surface area contributed by atoms with Crippen LogP contribution in [-0.4, -0.2) is 19.6 Å². The van der Waals surface area contributed by atoms with E-state index in [-0.39, 0.29) is 0 Å². The summed E-state index contributed by atoms with van der Waals surface area (Å²) < 4.78 is 5.23. The van der Waals surface area contributed by atoms with Crippen LogP contribution in [0.25, 0.3) is 0 Å². The second-order valence-electron chi connectivity index (χ2n) is 4.63. The van der Waals surface area contributed by atoms with E-state index < -0.39 is 0 Å². The molecule has 0 aliphatic carbocycles. The first-order chi connectivity index (χ1) is 8.63. The molecule has 0 aromatic heterocycles. The van der Waals surface area contributed by atoms with Gasteiger partial charge >= 0.3 is 0 Å². The molecule has 3 N–H and O–H groups in total. The molecular weight excluding hydrogens is 226 g/mol. The van der Waals surface area contributed by atoms with Gasteiger partial charge in [0.15, 0.2) is 5.96 Å². The normalized spacial score (nSPS) is 11.7. The Morgan fingerprint density at radius 2 is 2.11 bits per heavy atom. The number of ether oxygens (including phenoxy) is 1. The highest BCUT2D eigenvalue weighted by Crippen LogP contribution is 2.22. The number of anilines is 1. The number of rotatable bonds is 6. The van der Waals surface area contributed by atoms with Crippen molar-refractivity contribution in [1.29, 1.82) is 0 Å². The first kappa shape index (κ1) is 14.4. The second-order valence-corrected chi connectivity index (χ2v) is 4.63. The third-order valence-corrected chi connectivity index (χ3v) is 2.59. The molecule has 1 aromatic rings. The van der Waals surface area contributed by atoms with E-state index >= 15 is 0 Å². The zero-order chi connectivity index (χ0) is 13.4. The van der Waals surface area contributed by atoms with Gasteiger partial charge in [0, 0.05) is 6.54 Å². The molecule has 100 valence electrons. The molecule has 0 fully saturated rings. The number of benzene rings is 1. The van der Waals surface area contributed by atoms with Crippen LogP contribution in [0.5, 0.6) is 5.75 Å². The standard InChI is InChI=1S/C14H23N3O/c1-11(2)7-6-10-16-14(15)17-12-8-4-5-9-13(12)18-3/h4-5,8-9,11H,6-7,10H2,1-3H3,(H3,15,16,17). The maximum Gasteiger partial charge on any atom is 0.193 e. The second kappa shape index (κ2) is 7.58. The molecular formula is C14H23N3O. The smallest absolute Gasteiger partial charge is 0.193 e. The van der Waals surface area contributed by atoms with E-state index in [1.54, 1.807) is 7.11 Å². The number of methoxy groups -OCH3 is 1. The lowest BCUT2D eigenvalue weighted by atomic mass is 10.1. The Morgan fingerprint density at radius 3 is 2.78 bits per heavy atom. The molecule has 0 atom stereocenters. The quantitative estimate of drug-likeness (QED) is 0.463. The van der Waals surface area contributed by atoms with Crippen molar-refractivity contribution in [2.24, 2.45) is 16.6 Å². The van der Waals surface area contributed by atoms with E-state index in [1.807, 2.05) is 24.3 Å². The van der Waals surface area contributed by atoms with Crippen molar-refractivity contribution < 1.29 is 4.74 Å². The Labute approximate surface area is 109 Å². The summed E-state index contributed by atoms with van der Waals surface area (Å²) in [6.45, 7) is 5.17. The summed E-state index contributed by atoms with van der Waals surface area (Å²) in [5, 5.41) is 3.05. The number of para-hydroxylation sites is 2. The summed E-state index contributed by atoms with van der Waals surface area (Å²) in [6, 6.07) is 7.64. The van der Waals surface area contributed by atoms with Crippen LogP contribution in [0.2, 0.25) is 0 Å². The number of guanidine groups is 1. The monoisotopic (exact) mass is 249 g/mol. The van der Waals surface area contributed by atoms with Crippen LogP contribution in [0.3, 0.4) is 0 Å². The molecule has 4 heteroatoms. The summed E-state index contributed by atoms with van der Waals surface area (Å²) in [7, 11) is 1.64. The highest BCUT2D eigenvalue weighted by molar-refractivity contribution is 5.93. The van der Waals surface area contributed by atoms with Crippen molar-refractivity contribution in [3.8, 4) is 5.75 Å². The Kier molecular flexibility index (Phi) is 6.05. The van der Waals surface area contributed by atoms with Crippen LogP contribution in [0.1, 0.15) is 26.7 Å². The molecule has 4 nitrogen and oxygen atoms in total. The highest BCUT2D eigenvalue weighted by atomic mass is 16.5. The molecule has 0 heterocycles. The molecule has 0 saturated heterocycles. The van der Waals surface area contributed by atoms with E-state index in [0.717, 1.165) is 24.4 Å². The van der Waals surface area contributed by atoms with Gasteiger partial charge in [-0.3, -0.25) is 4.99 Å². The molecule has 1 aromatic carbocycles. The van der Waals surface area contributed by atoms with E-state index in [0.29, 0.717) is 11.9 Å². The van der Waals surface area contributed by atoms with E-state index in [2.05, 4.69) is 24.2 Å². The molecule has 18 heavy (non-hydrogen) atoms. The van der Waals surface area contributed by atoms with Gasteiger partial charge in [0.2, 0.25) is 0 Å². The SMILES string of the molecule is COc1ccccc1NC(N)=NCCCC(C)C. The number of hydrogen-bond donors (Lipinski definition) is 2. The molecule has 0 unspecified atom stereocenters. The average molecular weight is 249 g/mol. The van der Waals surface area contributed by atoms with Gasteiger partial charge < -0.3 is 15.8 Å². The van der Waals surface area contributed by atoms with Gasteiger partial charge in [0.05, 0.1) is 12.8 Å². The predicted octanol–water partition coefficient (Wildman–Crippen LogP) is 2.86. The van der Waals surface area contributed by atoms with Gasteiger partial charge in [0.1, 0.15) is 5.75 Å². The topological polar surface area (TPSA) is 59.6 Å². The Morgan fingerprint density at radius 1 is 1.39 bits per heavy atom. The van der Waals surface area contributed by atoms with Gasteiger partial charge in [-0.15, -0.1) is 0 Å². The maximum atomic E-state index is 5.83. The summed E-state index contributed by atoms with van der Waals surface area (Å²) >= 11 is 0. The molecule has 0 spiro atoms. The van der Waals surface area contributed by atoms with Crippen molar-refractivity contribution in [1.82, 2.24) is 0 Å². The van der Waals surface area contributed by atoms with Gasteiger partial charge in [-0.1, -0.05) is 26.0 Å². The first-order valence-electron chi connectivity index (χ1n) is 6.33. The Hall–Kier alpha value is -1.71. The first-order valence-corrected chi connectivity index (χ1v) is 6.33. The highest BCUT2D eigenvalue weighted by Gasteiger charge is 2.01. The number of nitrogens with zero attached hydrogens (tertiary/aromatic N) is 1. The fraction of sp³-hybridized carbons (Fsp3) is 0.500. The molecule has 1 rings (SSSR count). The lowest BCUT2D eigenvalue weighted by molar-refractivity contribution is 0.417. The van der Waals surface area contributed by atoms with E-state index in [9.17, 15) is 0 Å². The van der Waals surface area contributed by atoms with Crippen molar-refractivity contribution >= 4 is 11.6 Å². The van der Waals surface area contributed by atoms with Crippen LogP contribution in [0.15, 0.2) is 29.3 Å². The maximum absolute atomic E-state index is 5.83. The lowest BCUT2D eigenvalue weighted by Gasteiger charge is -2.10. The molecule has 0 amide bonds. The molecule has 0 aliphatic heterocycles. The lowest BCUT2D eigenvalue weighted by Crippen LogP contribution is -2.23. The van der Waals surface area contributed by atoms with Gasteiger partial charge in [-0.2, -0.15) is 0 Å². The van der Waals surface area contributed by atoms with E-state index in [1.165, 1.54) is 6.42 Å². The van der Waals surface area contributed by atoms with Crippen LogP contribution >= 0.6 is 0 Å². The van der Waals surface area contributed by atoms with Crippen LogP contribution in [0.4, 0.5) is 5.69 Å². The molecule has 0 aliphatic rings. The van der Waals surface area contributed by atoms with Gasteiger partial charge in [-0.05, 0) is 30.9 Å². The fourth-order valence-electron chi connectivity index (χ4n) is 1.62. The van der Waals surface area contributed by atoms with Crippen molar-refractivity contribution in [2.75, 3.05) is 19.0 Å². The summed E-state index contributed by atoms with van der Waals surface area (Å²) in [6.07, 6.45) is 2.23. The van der Waals surface area contributed by atoms with E-state index in [4.69, 9.17) is 10.5 Å². The number of nitrogens with one attached hydrogen (secondary N) is 1.